The predicted octanol–water partition coefficient (Wildman–Crippen LogP) is 2.30. The number of nitrogens with one attached hydrogen (secondary N) is 1. The number of carbonyl (C=O) groups is 1. The zero-order valence-electron chi connectivity index (χ0n) is 10.8. The Hall–Kier alpha value is -2.48. The SMILES string of the molecule is Cn1ncc([N+](=O)[O-])c1NC(=O)Cc1c(F)cccc1Cl. The summed E-state index contributed by atoms with van der Waals surface area (Å²) in [5, 5.41) is 16.9. The number of anilines is 1. The third-order valence-corrected chi connectivity index (χ3v) is 3.13. The first-order valence-electron chi connectivity index (χ1n) is 5.79. The van der Waals surface area contributed by atoms with Crippen LogP contribution in [-0.4, -0.2) is 20.6 Å². The number of aryl methyl sites for hydroxylation is 1. The maximum atomic E-state index is 13.6. The number of nitrogens with zero attached hydrogens (tertiary/aromatic N) is 3. The molecule has 1 N–H and O–H groups in total. The summed E-state index contributed by atoms with van der Waals surface area (Å²) in [5.74, 6) is -1.32. The molecule has 0 fully saturated rings. The van der Waals surface area contributed by atoms with E-state index in [2.05, 4.69) is 10.4 Å². The van der Waals surface area contributed by atoms with E-state index in [0.29, 0.717) is 0 Å². The number of rotatable bonds is 4. The molecule has 0 aliphatic heterocycles. The first-order valence-corrected chi connectivity index (χ1v) is 6.17. The van der Waals surface area contributed by atoms with Gasteiger partial charge in [-0.3, -0.25) is 14.9 Å². The predicted molar refractivity (Wildman–Crippen MR) is 73.6 cm³/mol. The lowest BCUT2D eigenvalue weighted by atomic mass is 10.1. The van der Waals surface area contributed by atoms with E-state index in [-0.39, 0.29) is 28.5 Å². The molecule has 2 rings (SSSR count). The van der Waals surface area contributed by atoms with Gasteiger partial charge in [0, 0.05) is 17.6 Å². The smallest absolute Gasteiger partial charge is 0.305 e. The van der Waals surface area contributed by atoms with Crippen LogP contribution in [0.3, 0.4) is 0 Å². The summed E-state index contributed by atoms with van der Waals surface area (Å²) in [6.45, 7) is 0. The van der Waals surface area contributed by atoms with E-state index < -0.39 is 16.6 Å². The van der Waals surface area contributed by atoms with Gasteiger partial charge in [0.2, 0.25) is 11.7 Å². The highest BCUT2D eigenvalue weighted by Gasteiger charge is 2.21. The zero-order chi connectivity index (χ0) is 15.6. The van der Waals surface area contributed by atoms with Gasteiger partial charge in [0.15, 0.2) is 0 Å². The molecule has 1 aromatic carbocycles. The van der Waals surface area contributed by atoms with E-state index in [0.717, 1.165) is 10.9 Å². The molecule has 0 unspecified atom stereocenters. The van der Waals surface area contributed by atoms with Crippen molar-refractivity contribution in [2.24, 2.45) is 7.05 Å². The van der Waals surface area contributed by atoms with Crippen LogP contribution in [0.2, 0.25) is 5.02 Å². The molecule has 0 atom stereocenters. The summed E-state index contributed by atoms with van der Waals surface area (Å²) in [5.41, 5.74) is -0.313. The third-order valence-electron chi connectivity index (χ3n) is 2.77. The molecule has 2 aromatic rings. The van der Waals surface area contributed by atoms with Gasteiger partial charge in [-0.2, -0.15) is 5.10 Å². The van der Waals surface area contributed by atoms with Gasteiger partial charge in [-0.25, -0.2) is 9.07 Å². The first kappa shape index (κ1) is 14.9. The average molecular weight is 313 g/mol. The Balaban J connectivity index is 2.20. The lowest BCUT2D eigenvalue weighted by molar-refractivity contribution is -0.384. The molecule has 1 amide bonds. The van der Waals surface area contributed by atoms with Gasteiger partial charge in [-0.15, -0.1) is 0 Å². The number of carbonyl (C=O) groups excluding carboxylic acids is 1. The number of benzene rings is 1. The number of hydrogen-bond acceptors (Lipinski definition) is 4. The molecule has 0 saturated heterocycles. The molecule has 7 nitrogen and oxygen atoms in total. The van der Waals surface area contributed by atoms with Crippen LogP contribution in [0, 0.1) is 15.9 Å². The fourth-order valence-corrected chi connectivity index (χ4v) is 1.97. The molecule has 9 heteroatoms. The standard InChI is InChI=1S/C12H10ClFN4O3/c1-17-12(10(6-15-17)18(20)21)16-11(19)5-7-8(13)3-2-4-9(7)14/h2-4,6H,5H2,1H3,(H,16,19). The van der Waals surface area contributed by atoms with E-state index in [9.17, 15) is 19.3 Å². The lowest BCUT2D eigenvalue weighted by Crippen LogP contribution is -2.18. The Morgan fingerprint density at radius 3 is 2.90 bits per heavy atom. The van der Waals surface area contributed by atoms with E-state index in [1.165, 1.54) is 25.2 Å². The van der Waals surface area contributed by atoms with Gasteiger partial charge in [0.05, 0.1) is 11.3 Å². The monoisotopic (exact) mass is 312 g/mol. The van der Waals surface area contributed by atoms with Crippen LogP contribution in [0.25, 0.3) is 0 Å². The first-order chi connectivity index (χ1) is 9.90. The number of aromatic nitrogens is 2. The Kier molecular flexibility index (Phi) is 4.18. The van der Waals surface area contributed by atoms with Gasteiger partial charge >= 0.3 is 5.69 Å². The normalized spacial score (nSPS) is 10.4. The van der Waals surface area contributed by atoms with Crippen molar-refractivity contribution in [1.29, 1.82) is 0 Å². The number of hydrogen-bond donors (Lipinski definition) is 1. The van der Waals surface area contributed by atoms with Gasteiger partial charge < -0.3 is 5.32 Å². The number of nitro groups is 1. The van der Waals surface area contributed by atoms with Crippen molar-refractivity contribution in [3.05, 3.63) is 50.9 Å². The molecule has 0 aliphatic carbocycles. The van der Waals surface area contributed by atoms with Gasteiger partial charge in [-0.05, 0) is 12.1 Å². The zero-order valence-corrected chi connectivity index (χ0v) is 11.6. The molecule has 0 radical (unpaired) electrons. The Morgan fingerprint density at radius 1 is 1.57 bits per heavy atom. The van der Waals surface area contributed by atoms with Crippen molar-refractivity contribution in [2.75, 3.05) is 5.32 Å². The Labute approximate surface area is 123 Å². The summed E-state index contributed by atoms with van der Waals surface area (Å²) < 4.78 is 14.7. The highest BCUT2D eigenvalue weighted by Crippen LogP contribution is 2.24. The summed E-state index contributed by atoms with van der Waals surface area (Å²) in [6, 6.07) is 4.06. The molecule has 0 aliphatic rings. The van der Waals surface area contributed by atoms with Crippen molar-refractivity contribution in [1.82, 2.24) is 9.78 Å². The molecule has 0 spiro atoms. The molecule has 0 bridgehead atoms. The third kappa shape index (κ3) is 3.16. The van der Waals surface area contributed by atoms with E-state index >= 15 is 0 Å². The fourth-order valence-electron chi connectivity index (χ4n) is 1.74. The largest absolute Gasteiger partial charge is 0.331 e. The minimum Gasteiger partial charge on any atom is -0.305 e. The molecule has 1 heterocycles. The average Bonchev–Trinajstić information content (AvgIpc) is 2.76. The van der Waals surface area contributed by atoms with E-state index in [1.807, 2.05) is 0 Å². The van der Waals surface area contributed by atoms with Crippen LogP contribution in [-0.2, 0) is 18.3 Å². The molecular formula is C12H10ClFN4O3. The highest BCUT2D eigenvalue weighted by atomic mass is 35.5. The van der Waals surface area contributed by atoms with Crippen molar-refractivity contribution in [3.63, 3.8) is 0 Å². The summed E-state index contributed by atoms with van der Waals surface area (Å²) in [4.78, 5) is 22.0. The quantitative estimate of drug-likeness (QED) is 0.693. The number of amides is 1. The van der Waals surface area contributed by atoms with Gasteiger partial charge in [-0.1, -0.05) is 17.7 Å². The van der Waals surface area contributed by atoms with Crippen molar-refractivity contribution < 1.29 is 14.1 Å². The lowest BCUT2D eigenvalue weighted by Gasteiger charge is -2.07. The van der Waals surface area contributed by atoms with Crippen LogP contribution in [0.4, 0.5) is 15.9 Å². The second-order valence-corrected chi connectivity index (χ2v) is 4.59. The van der Waals surface area contributed by atoms with Crippen molar-refractivity contribution in [2.45, 2.75) is 6.42 Å². The number of halogens is 2. The van der Waals surface area contributed by atoms with Crippen LogP contribution in [0.15, 0.2) is 24.4 Å². The highest BCUT2D eigenvalue weighted by molar-refractivity contribution is 6.31. The van der Waals surface area contributed by atoms with Gasteiger partial charge in [0.25, 0.3) is 0 Å². The second kappa shape index (κ2) is 5.88. The van der Waals surface area contributed by atoms with Gasteiger partial charge in [0.1, 0.15) is 12.0 Å². The Morgan fingerprint density at radius 2 is 2.29 bits per heavy atom. The molecule has 21 heavy (non-hydrogen) atoms. The summed E-state index contributed by atoms with van der Waals surface area (Å²) in [7, 11) is 1.44. The van der Waals surface area contributed by atoms with Crippen molar-refractivity contribution >= 4 is 29.0 Å². The van der Waals surface area contributed by atoms with E-state index in [4.69, 9.17) is 11.6 Å². The van der Waals surface area contributed by atoms with Crippen LogP contribution in [0.5, 0.6) is 0 Å². The second-order valence-electron chi connectivity index (χ2n) is 4.18. The topological polar surface area (TPSA) is 90.1 Å². The Bertz CT molecular complexity index is 696. The minimum absolute atomic E-state index is 0.0292. The van der Waals surface area contributed by atoms with Crippen molar-refractivity contribution in [3.8, 4) is 0 Å². The summed E-state index contributed by atoms with van der Waals surface area (Å²) >= 11 is 5.82. The van der Waals surface area contributed by atoms with Crippen LogP contribution >= 0.6 is 11.6 Å². The molecule has 0 saturated carbocycles. The maximum absolute atomic E-state index is 13.6. The fraction of sp³-hybridized carbons (Fsp3) is 0.167. The maximum Gasteiger partial charge on any atom is 0.331 e. The summed E-state index contributed by atoms with van der Waals surface area (Å²) in [6.07, 6.45) is 0.680. The molecular weight excluding hydrogens is 303 g/mol. The molecule has 110 valence electrons. The molecule has 1 aromatic heterocycles. The van der Waals surface area contributed by atoms with E-state index in [1.54, 1.807) is 0 Å². The van der Waals surface area contributed by atoms with Crippen LogP contribution in [0.1, 0.15) is 5.56 Å². The van der Waals surface area contributed by atoms with Crippen LogP contribution < -0.4 is 5.32 Å². The minimum atomic E-state index is -0.668.